The van der Waals surface area contributed by atoms with Crippen LogP contribution in [0.5, 0.6) is 0 Å². The highest BCUT2D eigenvalue weighted by Crippen LogP contribution is 2.37. The number of ether oxygens (including phenoxy) is 1. The molecule has 0 aromatic heterocycles. The van der Waals surface area contributed by atoms with Gasteiger partial charge in [-0.25, -0.2) is 12.8 Å². The van der Waals surface area contributed by atoms with Crippen LogP contribution in [0.2, 0.25) is 0 Å². The second kappa shape index (κ2) is 8.86. The summed E-state index contributed by atoms with van der Waals surface area (Å²) in [4.78, 5) is 11.7. The summed E-state index contributed by atoms with van der Waals surface area (Å²) in [6.45, 7) is 2.19. The molecule has 28 heavy (non-hydrogen) atoms. The number of rotatable bonds is 7. The van der Waals surface area contributed by atoms with Crippen molar-refractivity contribution in [3.05, 3.63) is 59.4 Å². The van der Waals surface area contributed by atoms with Gasteiger partial charge in [0.15, 0.2) is 0 Å². The maximum atomic E-state index is 13.5. The van der Waals surface area contributed by atoms with E-state index < -0.39 is 15.7 Å². The topological polar surface area (TPSA) is 60.4 Å². The summed E-state index contributed by atoms with van der Waals surface area (Å²) in [7, 11) is -3.75. The van der Waals surface area contributed by atoms with Gasteiger partial charge in [-0.2, -0.15) is 0 Å². The average molecular weight is 405 g/mol. The maximum Gasteiger partial charge on any atom is 0.305 e. The summed E-state index contributed by atoms with van der Waals surface area (Å²) < 4.78 is 44.1. The van der Waals surface area contributed by atoms with Crippen LogP contribution in [0.4, 0.5) is 4.39 Å². The van der Waals surface area contributed by atoms with Crippen LogP contribution in [0.25, 0.3) is 0 Å². The number of fused-ring (bicyclic) bond motifs is 1. The molecule has 1 atom stereocenters. The predicted molar refractivity (Wildman–Crippen MR) is 104 cm³/mol. The maximum absolute atomic E-state index is 13.5. The summed E-state index contributed by atoms with van der Waals surface area (Å²) in [6, 6.07) is 10.3. The zero-order valence-corrected chi connectivity index (χ0v) is 16.8. The van der Waals surface area contributed by atoms with Gasteiger partial charge in [-0.3, -0.25) is 4.79 Å². The molecule has 4 nitrogen and oxygen atoms in total. The lowest BCUT2D eigenvalue weighted by molar-refractivity contribution is -0.143. The number of carbonyl (C=O) groups excluding carboxylic acids is 1. The first kappa shape index (κ1) is 20.5. The van der Waals surface area contributed by atoms with Crippen molar-refractivity contribution in [1.82, 2.24) is 0 Å². The van der Waals surface area contributed by atoms with Crippen molar-refractivity contribution < 1.29 is 22.3 Å². The SMILES string of the molecule is CCOC(=O)CCC[C@@H]1CCCc2cc(S(=O)(=O)c3cccc(F)c3)ccc21. The van der Waals surface area contributed by atoms with Crippen molar-refractivity contribution in [3.8, 4) is 0 Å². The smallest absolute Gasteiger partial charge is 0.305 e. The molecule has 1 aliphatic carbocycles. The molecule has 0 unspecified atom stereocenters. The van der Waals surface area contributed by atoms with E-state index in [2.05, 4.69) is 0 Å². The molecule has 0 bridgehead atoms. The Labute approximate surface area is 165 Å². The minimum atomic E-state index is -3.75. The second-order valence-electron chi connectivity index (χ2n) is 7.11. The van der Waals surface area contributed by atoms with Crippen molar-refractivity contribution in [3.63, 3.8) is 0 Å². The fraction of sp³-hybridized carbons (Fsp3) is 0.409. The van der Waals surface area contributed by atoms with Gasteiger partial charge >= 0.3 is 5.97 Å². The molecule has 0 aliphatic heterocycles. The number of hydrogen-bond donors (Lipinski definition) is 0. The first-order chi connectivity index (χ1) is 13.4. The second-order valence-corrected chi connectivity index (χ2v) is 9.06. The van der Waals surface area contributed by atoms with Crippen molar-refractivity contribution in [2.75, 3.05) is 6.61 Å². The first-order valence-electron chi connectivity index (χ1n) is 9.71. The van der Waals surface area contributed by atoms with Crippen LogP contribution in [0.1, 0.15) is 56.1 Å². The molecule has 2 aromatic carbocycles. The number of benzene rings is 2. The molecule has 6 heteroatoms. The number of hydrogen-bond acceptors (Lipinski definition) is 4. The third-order valence-electron chi connectivity index (χ3n) is 5.21. The fourth-order valence-electron chi connectivity index (χ4n) is 3.85. The summed E-state index contributed by atoms with van der Waals surface area (Å²) in [5.74, 6) is -0.417. The van der Waals surface area contributed by atoms with Gasteiger partial charge in [-0.1, -0.05) is 12.1 Å². The molecule has 1 aliphatic rings. The van der Waals surface area contributed by atoms with Crippen LogP contribution in [-0.4, -0.2) is 21.0 Å². The molecular weight excluding hydrogens is 379 g/mol. The molecule has 0 heterocycles. The van der Waals surface area contributed by atoms with E-state index in [0.717, 1.165) is 49.3 Å². The normalized spacial score (nSPS) is 16.4. The van der Waals surface area contributed by atoms with E-state index in [1.54, 1.807) is 19.1 Å². The van der Waals surface area contributed by atoms with Gasteiger partial charge < -0.3 is 4.74 Å². The van der Waals surface area contributed by atoms with Gasteiger partial charge in [0.25, 0.3) is 0 Å². The molecule has 0 amide bonds. The van der Waals surface area contributed by atoms with E-state index in [-0.39, 0.29) is 15.8 Å². The lowest BCUT2D eigenvalue weighted by Gasteiger charge is -2.26. The first-order valence-corrected chi connectivity index (χ1v) is 11.2. The van der Waals surface area contributed by atoms with Crippen LogP contribution < -0.4 is 0 Å². The molecule has 0 spiro atoms. The van der Waals surface area contributed by atoms with Crippen molar-refractivity contribution in [2.24, 2.45) is 0 Å². The summed E-state index contributed by atoms with van der Waals surface area (Å²) in [6.07, 6.45) is 4.89. The zero-order valence-electron chi connectivity index (χ0n) is 16.0. The Balaban J connectivity index is 1.78. The lowest BCUT2D eigenvalue weighted by atomic mass is 9.80. The molecule has 0 radical (unpaired) electrons. The molecule has 2 aromatic rings. The monoisotopic (exact) mass is 404 g/mol. The fourth-order valence-corrected chi connectivity index (χ4v) is 5.20. The van der Waals surface area contributed by atoms with Gasteiger partial charge in [-0.05, 0) is 86.4 Å². The standard InChI is InChI=1S/C22H25FO4S/c1-2-27-22(24)11-4-7-16-6-3-8-17-14-20(12-13-21(16)17)28(25,26)19-10-5-9-18(23)15-19/h5,9-10,12-16H,2-4,6-8,11H2,1H3/t16-/m0/s1. The van der Waals surface area contributed by atoms with Crippen LogP contribution in [0.15, 0.2) is 52.3 Å². The molecule has 150 valence electrons. The number of carbonyl (C=O) groups is 1. The van der Waals surface area contributed by atoms with Crippen molar-refractivity contribution in [1.29, 1.82) is 0 Å². The Morgan fingerprint density at radius 3 is 2.71 bits per heavy atom. The van der Waals surface area contributed by atoms with Gasteiger partial charge in [0.2, 0.25) is 9.84 Å². The predicted octanol–water partition coefficient (Wildman–Crippen LogP) is 4.81. The highest BCUT2D eigenvalue weighted by molar-refractivity contribution is 7.91. The molecule has 3 rings (SSSR count). The highest BCUT2D eigenvalue weighted by atomic mass is 32.2. The van der Waals surface area contributed by atoms with E-state index in [1.807, 2.05) is 6.07 Å². The molecule has 0 N–H and O–H groups in total. The van der Waals surface area contributed by atoms with Gasteiger partial charge in [0.1, 0.15) is 5.82 Å². The summed E-state index contributed by atoms with van der Waals surface area (Å²) in [5, 5.41) is 0. The van der Waals surface area contributed by atoms with Crippen LogP contribution >= 0.6 is 0 Å². The third-order valence-corrected chi connectivity index (χ3v) is 6.96. The Morgan fingerprint density at radius 2 is 1.96 bits per heavy atom. The minimum absolute atomic E-state index is 0.0331. The minimum Gasteiger partial charge on any atom is -0.466 e. The van der Waals surface area contributed by atoms with E-state index in [4.69, 9.17) is 4.74 Å². The Kier molecular flexibility index (Phi) is 6.50. The molecule has 0 fully saturated rings. The van der Waals surface area contributed by atoms with E-state index in [0.29, 0.717) is 18.9 Å². The molecular formula is C22H25FO4S. The number of sulfone groups is 1. The zero-order chi connectivity index (χ0) is 20.1. The van der Waals surface area contributed by atoms with E-state index >= 15 is 0 Å². The molecule has 0 saturated heterocycles. The lowest BCUT2D eigenvalue weighted by Crippen LogP contribution is -2.12. The number of halogens is 1. The Bertz CT molecular complexity index is 953. The van der Waals surface area contributed by atoms with Crippen molar-refractivity contribution in [2.45, 2.75) is 61.2 Å². The van der Waals surface area contributed by atoms with E-state index in [9.17, 15) is 17.6 Å². The van der Waals surface area contributed by atoms with Gasteiger partial charge in [0, 0.05) is 6.42 Å². The quantitative estimate of drug-likeness (QED) is 0.621. The van der Waals surface area contributed by atoms with Gasteiger partial charge in [0.05, 0.1) is 16.4 Å². The Morgan fingerprint density at radius 1 is 1.18 bits per heavy atom. The summed E-state index contributed by atoms with van der Waals surface area (Å²) >= 11 is 0. The van der Waals surface area contributed by atoms with Crippen LogP contribution in [0, 0.1) is 5.82 Å². The summed E-state index contributed by atoms with van der Waals surface area (Å²) in [5.41, 5.74) is 2.19. The number of esters is 1. The van der Waals surface area contributed by atoms with Crippen LogP contribution in [0.3, 0.4) is 0 Å². The van der Waals surface area contributed by atoms with E-state index in [1.165, 1.54) is 18.2 Å². The largest absolute Gasteiger partial charge is 0.466 e. The average Bonchev–Trinajstić information content (AvgIpc) is 2.68. The van der Waals surface area contributed by atoms with Crippen molar-refractivity contribution >= 4 is 15.8 Å². The third kappa shape index (κ3) is 4.61. The van der Waals surface area contributed by atoms with Gasteiger partial charge in [-0.15, -0.1) is 0 Å². The van der Waals surface area contributed by atoms with Crippen LogP contribution in [-0.2, 0) is 25.8 Å². The molecule has 0 saturated carbocycles. The highest BCUT2D eigenvalue weighted by Gasteiger charge is 2.24. The Hall–Kier alpha value is -2.21. The number of aryl methyl sites for hydroxylation is 1.